The van der Waals surface area contributed by atoms with Crippen molar-refractivity contribution in [3.05, 3.63) is 12.4 Å². The number of nitrogens with zero attached hydrogens (tertiary/aromatic N) is 1. The zero-order valence-electron chi connectivity index (χ0n) is 6.89. The Morgan fingerprint density at radius 2 is 2.00 bits per heavy atom. The van der Waals surface area contributed by atoms with Crippen LogP contribution in [0.15, 0.2) is 12.4 Å². The maximum atomic E-state index is 8.50. The van der Waals surface area contributed by atoms with E-state index in [0.29, 0.717) is 0 Å². The summed E-state index contributed by atoms with van der Waals surface area (Å²) < 4.78 is 13.9. The van der Waals surface area contributed by atoms with Crippen LogP contribution in [0.2, 0.25) is 0 Å². The van der Waals surface area contributed by atoms with Crippen molar-refractivity contribution < 1.29 is 12.3 Å². The van der Waals surface area contributed by atoms with Gasteiger partial charge in [0.2, 0.25) is 0 Å². The van der Waals surface area contributed by atoms with Gasteiger partial charge in [-0.15, -0.1) is 0 Å². The maximum absolute atomic E-state index is 8.50. The molecule has 0 radical (unpaired) electrons. The van der Waals surface area contributed by atoms with Crippen molar-refractivity contribution in [1.29, 1.82) is 0 Å². The molecule has 0 unspecified atom stereocenters. The van der Waals surface area contributed by atoms with Crippen LogP contribution in [0, 0.1) is 0 Å². The molecular weight excluding hydrogens is 91.1 g/mol. The van der Waals surface area contributed by atoms with E-state index < -0.39 is 6.24 Å². The smallest absolute Gasteiger partial charge is 0.132 e. The highest BCUT2D eigenvalue weighted by molar-refractivity contribution is 4.55. The van der Waals surface area contributed by atoms with Gasteiger partial charge in [0.15, 0.2) is 0 Å². The van der Waals surface area contributed by atoms with E-state index in [9.17, 15) is 0 Å². The molecule has 7 heavy (non-hydrogen) atoms. The van der Waals surface area contributed by atoms with Crippen LogP contribution in [0.3, 0.4) is 0 Å². The molecule has 0 fully saturated rings. The fraction of sp³-hybridized carbons (Fsp3) is 0.600. The molecule has 0 amide bonds. The van der Waals surface area contributed by atoms with Crippen molar-refractivity contribution in [2.24, 2.45) is 0 Å². The number of hydrogen-bond acceptors (Lipinski definition) is 1. The lowest BCUT2D eigenvalue weighted by Crippen LogP contribution is -2.26. The third-order valence-electron chi connectivity index (χ3n) is 0.385. The molecule has 0 saturated heterocycles. The van der Waals surface area contributed by atoms with Gasteiger partial charge in [-0.1, -0.05) is 0 Å². The Labute approximate surface area is 47.1 Å². The summed E-state index contributed by atoms with van der Waals surface area (Å²) in [5, 5.41) is 8.50. The minimum Gasteiger partial charge on any atom is -0.510 e. The van der Waals surface area contributed by atoms with Crippen LogP contribution < -0.4 is 0 Å². The molecule has 1 N–H and O–H groups in total. The van der Waals surface area contributed by atoms with Crippen LogP contribution in [0.1, 0.15) is 2.74 Å². The lowest BCUT2D eigenvalue weighted by atomic mass is 10.7. The van der Waals surface area contributed by atoms with E-state index in [2.05, 4.69) is 0 Å². The minimum atomic E-state index is -0.664. The normalized spacial score (nSPS) is 19.9. The largest absolute Gasteiger partial charge is 0.510 e. The fourth-order valence-electron chi connectivity index (χ4n) is 0.150. The van der Waals surface area contributed by atoms with E-state index in [1.54, 1.807) is 21.1 Å². The van der Waals surface area contributed by atoms with Gasteiger partial charge in [-0.05, 0) is 0 Å². The summed E-state index contributed by atoms with van der Waals surface area (Å²) in [4.78, 5) is 0. The van der Waals surface area contributed by atoms with Gasteiger partial charge in [-0.25, -0.2) is 0 Å². The number of aliphatic hydroxyl groups is 1. The van der Waals surface area contributed by atoms with Crippen LogP contribution in [0.5, 0.6) is 0 Å². The van der Waals surface area contributed by atoms with E-state index in [4.69, 9.17) is 7.85 Å². The Hall–Kier alpha value is -0.500. The zero-order chi connectivity index (χ0) is 7.65. The molecular formula is C5H12NO+. The van der Waals surface area contributed by atoms with Gasteiger partial charge in [-0.3, -0.25) is 0 Å². The molecule has 0 aliphatic rings. The molecule has 0 aliphatic carbocycles. The SMILES string of the molecule is [2H]/C(=[13C](/[2H])O)[N+](C)(C)C. The first-order valence-corrected chi connectivity index (χ1v) is 2.04. The van der Waals surface area contributed by atoms with Crippen molar-refractivity contribution >= 4 is 0 Å². The number of hydrogen-bond donors (Lipinski definition) is 1. The maximum Gasteiger partial charge on any atom is 0.132 e. The van der Waals surface area contributed by atoms with E-state index in [0.717, 1.165) is 0 Å². The van der Waals surface area contributed by atoms with E-state index in [1.165, 1.54) is 0 Å². The Kier molecular flexibility index (Phi) is 0.989. The Balaban J connectivity index is 4.40. The number of rotatable bonds is 1. The molecule has 0 bridgehead atoms. The van der Waals surface area contributed by atoms with Crippen molar-refractivity contribution in [2.75, 3.05) is 21.1 Å². The highest BCUT2D eigenvalue weighted by Gasteiger charge is 1.96. The zero-order valence-corrected chi connectivity index (χ0v) is 4.89. The monoisotopic (exact) mass is 105 g/mol. The lowest BCUT2D eigenvalue weighted by molar-refractivity contribution is -0.817. The Bertz CT molecular complexity index is 132. The van der Waals surface area contributed by atoms with Crippen molar-refractivity contribution in [3.8, 4) is 0 Å². The molecule has 42 valence electrons. The molecule has 0 aromatic carbocycles. The molecule has 0 aromatic heterocycles. The summed E-state index contributed by atoms with van der Waals surface area (Å²) in [6.07, 6.45) is -0.752. The Morgan fingerprint density at radius 3 is 2.00 bits per heavy atom. The van der Waals surface area contributed by atoms with E-state index >= 15 is 0 Å². The van der Waals surface area contributed by atoms with Gasteiger partial charge in [0.25, 0.3) is 0 Å². The summed E-state index contributed by atoms with van der Waals surface area (Å²) in [5.41, 5.74) is 0. The second-order valence-electron chi connectivity index (χ2n) is 2.24. The van der Waals surface area contributed by atoms with Gasteiger partial charge < -0.3 is 9.59 Å². The van der Waals surface area contributed by atoms with Crippen molar-refractivity contribution in [2.45, 2.75) is 0 Å². The van der Waals surface area contributed by atoms with Crippen LogP contribution >= 0.6 is 0 Å². The third kappa shape index (κ3) is 5.50. The molecule has 2 nitrogen and oxygen atoms in total. The lowest BCUT2D eigenvalue weighted by Gasteiger charge is -2.15. The molecule has 0 heterocycles. The molecule has 0 aliphatic heterocycles. The summed E-state index contributed by atoms with van der Waals surface area (Å²) in [5.74, 6) is 0. The highest BCUT2D eigenvalue weighted by atomic mass is 16.3. The standard InChI is InChI=1S/C5H11NO/c1-6(2,3)4-5-7/h4-5H,1-3H3/p+1/b5-4+/i4D,5+1D. The summed E-state index contributed by atoms with van der Waals surface area (Å²) in [6, 6.07) is 0. The van der Waals surface area contributed by atoms with Crippen molar-refractivity contribution in [3.63, 3.8) is 0 Å². The molecule has 0 rings (SSSR count). The summed E-state index contributed by atoms with van der Waals surface area (Å²) in [7, 11) is 5.15. The van der Waals surface area contributed by atoms with Crippen LogP contribution in [-0.2, 0) is 0 Å². The predicted octanol–water partition coefficient (Wildman–Crippen LogP) is 0.722. The molecule has 2 heteroatoms. The molecule has 0 aromatic rings. The quantitative estimate of drug-likeness (QED) is 0.296. The third-order valence-corrected chi connectivity index (χ3v) is 0.385. The van der Waals surface area contributed by atoms with Gasteiger partial charge in [0.1, 0.15) is 15.2 Å². The minimum absolute atomic E-state index is 0.0880. The first-order valence-electron chi connectivity index (χ1n) is 3.04. The average Bonchev–Trinajstić information content (AvgIpc) is 1.62. The van der Waals surface area contributed by atoms with Crippen LogP contribution in [-0.4, -0.2) is 30.7 Å². The predicted molar refractivity (Wildman–Crippen MR) is 29.8 cm³/mol. The number of quaternary nitrogens is 1. The molecule has 0 atom stereocenters. The molecule has 0 saturated carbocycles. The van der Waals surface area contributed by atoms with Gasteiger partial charge >= 0.3 is 0 Å². The second-order valence-corrected chi connectivity index (χ2v) is 2.24. The van der Waals surface area contributed by atoms with E-state index in [1.807, 2.05) is 0 Å². The first kappa shape index (κ1) is 3.50. The average molecular weight is 105 g/mol. The summed E-state index contributed by atoms with van der Waals surface area (Å²) in [6.45, 7) is 0. The topological polar surface area (TPSA) is 20.2 Å². The van der Waals surface area contributed by atoms with Gasteiger partial charge in [0.05, 0.1) is 21.1 Å². The van der Waals surface area contributed by atoms with Gasteiger partial charge in [-0.2, -0.15) is 0 Å². The van der Waals surface area contributed by atoms with Crippen LogP contribution in [0.4, 0.5) is 0 Å². The van der Waals surface area contributed by atoms with Crippen molar-refractivity contribution in [1.82, 2.24) is 0 Å². The van der Waals surface area contributed by atoms with Gasteiger partial charge in [0, 0.05) is 0 Å². The summed E-state index contributed by atoms with van der Waals surface area (Å²) >= 11 is 0. The second kappa shape index (κ2) is 1.98. The fourth-order valence-corrected chi connectivity index (χ4v) is 0.150. The number of aliphatic hydroxyl groups excluding tert-OH is 1. The molecule has 0 spiro atoms. The Morgan fingerprint density at radius 1 is 1.57 bits per heavy atom. The van der Waals surface area contributed by atoms with E-state index in [-0.39, 0.29) is 10.7 Å². The highest BCUT2D eigenvalue weighted by Crippen LogP contribution is 1.87. The van der Waals surface area contributed by atoms with Crippen LogP contribution in [0.25, 0.3) is 0 Å². The first-order chi connectivity index (χ1) is 3.85.